The van der Waals surface area contributed by atoms with Gasteiger partial charge in [-0.25, -0.2) is 4.79 Å². The van der Waals surface area contributed by atoms with Gasteiger partial charge in [0.2, 0.25) is 0 Å². The lowest BCUT2D eigenvalue weighted by molar-refractivity contribution is -0.138. The Balaban J connectivity index is 1.48. The Hall–Kier alpha value is -4.13. The van der Waals surface area contributed by atoms with E-state index < -0.39 is 24.0 Å². The second-order valence-electron chi connectivity index (χ2n) is 8.03. The smallest absolute Gasteiger partial charge is 0.411 e. The van der Waals surface area contributed by atoms with Crippen molar-refractivity contribution in [2.24, 2.45) is 0 Å². The Kier molecular flexibility index (Phi) is 6.13. The van der Waals surface area contributed by atoms with Crippen LogP contribution in [0.25, 0.3) is 11.1 Å². The summed E-state index contributed by atoms with van der Waals surface area (Å²) in [6.07, 6.45) is -0.693. The molecule has 0 bridgehead atoms. The number of hydrogen-bond acceptors (Lipinski definition) is 4. The zero-order chi connectivity index (χ0) is 23.5. The topological polar surface area (TPSA) is 105 Å². The van der Waals surface area contributed by atoms with Crippen molar-refractivity contribution in [2.75, 3.05) is 11.9 Å². The third kappa shape index (κ3) is 4.57. The summed E-state index contributed by atoms with van der Waals surface area (Å²) in [7, 11) is 0. The Morgan fingerprint density at radius 2 is 1.58 bits per heavy atom. The Bertz CT molecular complexity index is 1190. The minimum atomic E-state index is -1.15. The van der Waals surface area contributed by atoms with Gasteiger partial charge in [0.05, 0.1) is 11.3 Å². The molecular formula is C26H24N2O5. The van der Waals surface area contributed by atoms with Crippen LogP contribution < -0.4 is 10.6 Å². The van der Waals surface area contributed by atoms with Crippen molar-refractivity contribution in [3.63, 3.8) is 0 Å². The van der Waals surface area contributed by atoms with Crippen molar-refractivity contribution >= 4 is 23.7 Å². The van der Waals surface area contributed by atoms with Crippen LogP contribution >= 0.6 is 0 Å². The molecule has 3 N–H and O–H groups in total. The van der Waals surface area contributed by atoms with Gasteiger partial charge < -0.3 is 15.2 Å². The van der Waals surface area contributed by atoms with Crippen LogP contribution in [0.15, 0.2) is 66.7 Å². The molecule has 0 aromatic heterocycles. The van der Waals surface area contributed by atoms with Gasteiger partial charge in [0.25, 0.3) is 5.91 Å². The highest BCUT2D eigenvalue weighted by molar-refractivity contribution is 6.04. The van der Waals surface area contributed by atoms with E-state index >= 15 is 0 Å². The second-order valence-corrected chi connectivity index (χ2v) is 8.03. The molecule has 4 rings (SSSR count). The van der Waals surface area contributed by atoms with Gasteiger partial charge in [-0.2, -0.15) is 0 Å². The second kappa shape index (κ2) is 9.16. The average molecular weight is 444 g/mol. The monoisotopic (exact) mass is 444 g/mol. The third-order valence-electron chi connectivity index (χ3n) is 5.72. The Morgan fingerprint density at radius 3 is 2.18 bits per heavy atom. The molecule has 2 amide bonds. The van der Waals surface area contributed by atoms with Crippen LogP contribution in [0, 0.1) is 6.92 Å². The van der Waals surface area contributed by atoms with E-state index in [9.17, 15) is 14.4 Å². The van der Waals surface area contributed by atoms with E-state index in [1.807, 2.05) is 36.4 Å². The summed E-state index contributed by atoms with van der Waals surface area (Å²) >= 11 is 0. The molecule has 3 aromatic carbocycles. The van der Waals surface area contributed by atoms with Crippen molar-refractivity contribution in [1.29, 1.82) is 0 Å². The summed E-state index contributed by atoms with van der Waals surface area (Å²) in [5.74, 6) is -1.83. The molecule has 7 nitrogen and oxygen atoms in total. The van der Waals surface area contributed by atoms with Crippen LogP contribution in [0.4, 0.5) is 10.5 Å². The minimum Gasteiger partial charge on any atom is -0.480 e. The van der Waals surface area contributed by atoms with Crippen molar-refractivity contribution in [3.05, 3.63) is 89.0 Å². The molecule has 168 valence electrons. The summed E-state index contributed by atoms with van der Waals surface area (Å²) in [5, 5.41) is 14.1. The maximum atomic E-state index is 12.6. The summed E-state index contributed by atoms with van der Waals surface area (Å²) < 4.78 is 5.55. The van der Waals surface area contributed by atoms with Crippen molar-refractivity contribution in [1.82, 2.24) is 5.32 Å². The first-order chi connectivity index (χ1) is 15.8. The molecule has 0 saturated carbocycles. The fraction of sp³-hybridized carbons (Fsp3) is 0.192. The van der Waals surface area contributed by atoms with Crippen LogP contribution in [-0.4, -0.2) is 35.7 Å². The summed E-state index contributed by atoms with van der Waals surface area (Å²) in [4.78, 5) is 36.3. The van der Waals surface area contributed by atoms with Crippen LogP contribution in [0.5, 0.6) is 0 Å². The number of anilines is 1. The number of ether oxygens (including phenoxy) is 1. The minimum absolute atomic E-state index is 0.0830. The van der Waals surface area contributed by atoms with E-state index in [4.69, 9.17) is 9.84 Å². The first kappa shape index (κ1) is 22.1. The average Bonchev–Trinajstić information content (AvgIpc) is 3.12. The third-order valence-corrected chi connectivity index (χ3v) is 5.72. The molecule has 0 saturated heterocycles. The number of hydrogen-bond donors (Lipinski definition) is 3. The van der Waals surface area contributed by atoms with Gasteiger partial charge in [0.1, 0.15) is 12.6 Å². The number of carbonyl (C=O) groups excluding carboxylic acids is 2. The molecule has 1 aliphatic carbocycles. The van der Waals surface area contributed by atoms with Crippen molar-refractivity contribution in [3.8, 4) is 11.1 Å². The zero-order valence-electron chi connectivity index (χ0n) is 18.3. The maximum Gasteiger partial charge on any atom is 0.411 e. The molecule has 1 atom stereocenters. The number of carboxylic acids is 1. The number of carbonyl (C=O) groups is 3. The predicted molar refractivity (Wildman–Crippen MR) is 124 cm³/mol. The van der Waals surface area contributed by atoms with E-state index in [1.54, 1.807) is 25.1 Å². The van der Waals surface area contributed by atoms with Gasteiger partial charge in [0, 0.05) is 5.92 Å². The van der Waals surface area contributed by atoms with Gasteiger partial charge >= 0.3 is 12.1 Å². The van der Waals surface area contributed by atoms with Crippen molar-refractivity contribution < 1.29 is 24.2 Å². The van der Waals surface area contributed by atoms with Crippen molar-refractivity contribution in [2.45, 2.75) is 25.8 Å². The summed E-state index contributed by atoms with van der Waals surface area (Å²) in [6, 6.07) is 20.0. The molecule has 1 aliphatic rings. The number of aliphatic carboxylic acids is 1. The molecule has 0 spiro atoms. The van der Waals surface area contributed by atoms with Gasteiger partial charge in [-0.3, -0.25) is 14.9 Å². The lowest BCUT2D eigenvalue weighted by atomic mass is 9.98. The molecule has 33 heavy (non-hydrogen) atoms. The first-order valence-corrected chi connectivity index (χ1v) is 10.6. The normalized spacial score (nSPS) is 12.9. The maximum absolute atomic E-state index is 12.6. The molecule has 0 unspecified atom stereocenters. The fourth-order valence-electron chi connectivity index (χ4n) is 4.04. The highest BCUT2D eigenvalue weighted by Crippen LogP contribution is 2.44. The van der Waals surface area contributed by atoms with Crippen LogP contribution in [0.1, 0.15) is 39.9 Å². The Labute approximate surface area is 191 Å². The molecular weight excluding hydrogens is 420 g/mol. The van der Waals surface area contributed by atoms with Crippen LogP contribution in [-0.2, 0) is 9.53 Å². The number of benzene rings is 3. The van der Waals surface area contributed by atoms with E-state index in [2.05, 4.69) is 22.8 Å². The predicted octanol–water partition coefficient (Wildman–Crippen LogP) is 4.56. The lowest BCUT2D eigenvalue weighted by Crippen LogP contribution is -2.38. The highest BCUT2D eigenvalue weighted by atomic mass is 16.5. The standard InChI is InChI=1S/C26H24N2O5/c1-15-11-12-23(21(13-15)24(29)27-16(2)25(30)31)28-26(32)33-14-22-19-9-5-3-7-17(19)18-8-4-6-10-20(18)22/h3-13,16,22H,14H2,1-2H3,(H,27,29)(H,28,32)(H,30,31)/t16-/m1/s1. The largest absolute Gasteiger partial charge is 0.480 e. The number of carboxylic acid groups (broad SMARTS) is 1. The van der Waals surface area contributed by atoms with Gasteiger partial charge in [-0.1, -0.05) is 60.2 Å². The van der Waals surface area contributed by atoms with Gasteiger partial charge in [-0.05, 0) is 48.2 Å². The van der Waals surface area contributed by atoms with E-state index in [1.165, 1.54) is 6.92 Å². The highest BCUT2D eigenvalue weighted by Gasteiger charge is 2.29. The molecule has 0 fully saturated rings. The van der Waals surface area contributed by atoms with Crippen LogP contribution in [0.2, 0.25) is 0 Å². The van der Waals surface area contributed by atoms with E-state index in [0.29, 0.717) is 0 Å². The molecule has 7 heteroatoms. The summed E-state index contributed by atoms with van der Waals surface area (Å²) in [5.41, 5.74) is 5.67. The molecule has 0 heterocycles. The first-order valence-electron chi connectivity index (χ1n) is 10.6. The number of rotatable bonds is 6. The number of fused-ring (bicyclic) bond motifs is 3. The molecule has 3 aromatic rings. The quantitative estimate of drug-likeness (QED) is 0.517. The van der Waals surface area contributed by atoms with Gasteiger partial charge in [0.15, 0.2) is 0 Å². The summed E-state index contributed by atoms with van der Waals surface area (Å²) in [6.45, 7) is 3.31. The molecule has 0 aliphatic heterocycles. The molecule has 0 radical (unpaired) electrons. The van der Waals surface area contributed by atoms with Crippen LogP contribution in [0.3, 0.4) is 0 Å². The number of nitrogens with one attached hydrogen (secondary N) is 2. The lowest BCUT2D eigenvalue weighted by Gasteiger charge is -2.16. The number of aryl methyl sites for hydroxylation is 1. The number of amides is 2. The SMILES string of the molecule is Cc1ccc(NC(=O)OCC2c3ccccc3-c3ccccc32)c(C(=O)N[C@H](C)C(=O)O)c1. The van der Waals surface area contributed by atoms with E-state index in [-0.39, 0.29) is 23.8 Å². The van der Waals surface area contributed by atoms with E-state index in [0.717, 1.165) is 27.8 Å². The Morgan fingerprint density at radius 1 is 0.970 bits per heavy atom. The zero-order valence-corrected chi connectivity index (χ0v) is 18.3. The van der Waals surface area contributed by atoms with Gasteiger partial charge in [-0.15, -0.1) is 0 Å². The fourth-order valence-corrected chi connectivity index (χ4v) is 4.04.